The van der Waals surface area contributed by atoms with Gasteiger partial charge < -0.3 is 4.90 Å². The first-order valence-corrected chi connectivity index (χ1v) is 2.49. The van der Waals surface area contributed by atoms with Crippen LogP contribution in [-0.2, 0) is 0 Å². The van der Waals surface area contributed by atoms with E-state index in [1.54, 1.807) is 0 Å². The molecule has 1 aliphatic heterocycles. The molecule has 41 valence electrons. The summed E-state index contributed by atoms with van der Waals surface area (Å²) < 4.78 is 0. The lowest BCUT2D eigenvalue weighted by atomic mass is 10.4. The molecule has 0 aromatic heterocycles. The van der Waals surface area contributed by atoms with Gasteiger partial charge >= 0.3 is 0 Å². The van der Waals surface area contributed by atoms with Gasteiger partial charge in [0.1, 0.15) is 11.8 Å². The molecule has 2 nitrogen and oxygen atoms in total. The lowest BCUT2D eigenvalue weighted by Gasteiger charge is -2.07. The fourth-order valence-electron chi connectivity index (χ4n) is 0.671. The van der Waals surface area contributed by atoms with Gasteiger partial charge in [0.2, 0.25) is 0 Å². The summed E-state index contributed by atoms with van der Waals surface area (Å²) >= 11 is 0. The predicted octanol–water partition coefficient (Wildman–Crippen LogP) is 0.544. The van der Waals surface area contributed by atoms with E-state index in [-0.39, 0.29) is 0 Å². The van der Waals surface area contributed by atoms with E-state index in [4.69, 9.17) is 5.26 Å². The van der Waals surface area contributed by atoms with Crippen LogP contribution >= 0.6 is 0 Å². The highest BCUT2D eigenvalue weighted by Gasteiger charge is 2.07. The quantitative estimate of drug-likeness (QED) is 0.452. The topological polar surface area (TPSA) is 27.0 Å². The monoisotopic (exact) mass is 107 g/mol. The first-order valence-electron chi connectivity index (χ1n) is 2.49. The van der Waals surface area contributed by atoms with Gasteiger partial charge in [-0.3, -0.25) is 0 Å². The van der Waals surface area contributed by atoms with Gasteiger partial charge in [0.15, 0.2) is 0 Å². The van der Waals surface area contributed by atoms with Crippen molar-refractivity contribution >= 4 is 0 Å². The second kappa shape index (κ2) is 1.87. The second-order valence-corrected chi connectivity index (χ2v) is 1.78. The van der Waals surface area contributed by atoms with Crippen LogP contribution in [0.15, 0.2) is 11.8 Å². The third-order valence-electron chi connectivity index (χ3n) is 1.18. The van der Waals surface area contributed by atoms with Crippen molar-refractivity contribution < 1.29 is 0 Å². The van der Waals surface area contributed by atoms with Crippen molar-refractivity contribution in [1.82, 2.24) is 4.90 Å². The predicted molar refractivity (Wildman–Crippen MR) is 30.6 cm³/mol. The second-order valence-electron chi connectivity index (χ2n) is 1.78. The fourth-order valence-corrected chi connectivity index (χ4v) is 0.671. The van der Waals surface area contributed by atoms with E-state index in [1.807, 2.05) is 24.4 Å². The molecule has 0 aromatic rings. The van der Waals surface area contributed by atoms with Gasteiger partial charge in [0.25, 0.3) is 0 Å². The van der Waals surface area contributed by atoms with E-state index < -0.39 is 0 Å². The summed E-state index contributed by atoms with van der Waals surface area (Å²) in [5, 5.41) is 8.36. The molecule has 0 unspecified atom stereocenters. The minimum Gasteiger partial charge on any atom is -0.366 e. The summed E-state index contributed by atoms with van der Waals surface area (Å²) in [6, 6.07) is 2.07. The number of rotatable bonds is 0. The lowest BCUT2D eigenvalue weighted by Crippen LogP contribution is -2.11. The molecule has 0 bridgehead atoms. The van der Waals surface area contributed by atoms with Gasteiger partial charge in [0.05, 0.1) is 0 Å². The van der Waals surface area contributed by atoms with E-state index >= 15 is 0 Å². The number of nitrogens with zero attached hydrogens (tertiary/aromatic N) is 2. The zero-order valence-corrected chi connectivity index (χ0v) is 4.76. The van der Waals surface area contributed by atoms with Crippen LogP contribution in [0.4, 0.5) is 0 Å². The zero-order valence-electron chi connectivity index (χ0n) is 4.76. The number of allylic oxidation sites excluding steroid dienone is 1. The molecule has 1 aliphatic rings. The standard InChI is InChI=1S/C6H7N2/c1-8-4-2-3-6(8)5-7/h2-3H,4H2,1H3. The van der Waals surface area contributed by atoms with Crippen LogP contribution in [0.25, 0.3) is 0 Å². The molecular formula is C6H7N2. The van der Waals surface area contributed by atoms with Crippen molar-refractivity contribution in [2.75, 3.05) is 13.6 Å². The van der Waals surface area contributed by atoms with Gasteiger partial charge in [0, 0.05) is 20.0 Å². The van der Waals surface area contributed by atoms with Crippen LogP contribution in [-0.4, -0.2) is 18.5 Å². The normalized spacial score (nSPS) is 18.0. The Balaban J connectivity index is 2.66. The highest BCUT2D eigenvalue weighted by atomic mass is 15.1. The van der Waals surface area contributed by atoms with Crippen LogP contribution in [0.1, 0.15) is 0 Å². The minimum absolute atomic E-state index is 0.755. The Hall–Kier alpha value is -0.970. The molecule has 8 heavy (non-hydrogen) atoms. The van der Waals surface area contributed by atoms with E-state index in [0.29, 0.717) is 0 Å². The molecule has 0 aromatic carbocycles. The van der Waals surface area contributed by atoms with Crippen molar-refractivity contribution in [3.05, 3.63) is 18.2 Å². The minimum atomic E-state index is 0.755. The van der Waals surface area contributed by atoms with Crippen molar-refractivity contribution in [3.8, 4) is 6.07 Å². The van der Waals surface area contributed by atoms with Gasteiger partial charge in [-0.15, -0.1) is 0 Å². The fraction of sp³-hybridized carbons (Fsp3) is 0.333. The van der Waals surface area contributed by atoms with Crippen LogP contribution < -0.4 is 0 Å². The van der Waals surface area contributed by atoms with Crippen molar-refractivity contribution in [1.29, 1.82) is 5.26 Å². The molecule has 0 aliphatic carbocycles. The van der Waals surface area contributed by atoms with Gasteiger partial charge in [-0.25, -0.2) is 0 Å². The van der Waals surface area contributed by atoms with Crippen molar-refractivity contribution in [3.63, 3.8) is 0 Å². The number of hydrogen-bond acceptors (Lipinski definition) is 2. The average Bonchev–Trinajstić information content (AvgIpc) is 2.14. The molecule has 2 heteroatoms. The number of nitriles is 1. The molecule has 0 amide bonds. The molecule has 0 fully saturated rings. The molecule has 1 heterocycles. The SMILES string of the molecule is CN1C[CH]C=C1C#N. The highest BCUT2D eigenvalue weighted by molar-refractivity contribution is 5.27. The van der Waals surface area contributed by atoms with E-state index in [1.165, 1.54) is 0 Å². The maximum Gasteiger partial charge on any atom is 0.117 e. The van der Waals surface area contributed by atoms with Crippen LogP contribution in [0.5, 0.6) is 0 Å². The molecular weight excluding hydrogens is 100 g/mol. The molecule has 1 radical (unpaired) electrons. The third kappa shape index (κ3) is 0.671. The molecule has 0 atom stereocenters. The Morgan fingerprint density at radius 3 is 2.88 bits per heavy atom. The smallest absolute Gasteiger partial charge is 0.117 e. The first-order chi connectivity index (χ1) is 3.84. The molecule has 0 saturated heterocycles. The van der Waals surface area contributed by atoms with E-state index in [9.17, 15) is 0 Å². The molecule has 0 saturated carbocycles. The zero-order chi connectivity index (χ0) is 5.98. The van der Waals surface area contributed by atoms with Crippen LogP contribution in [0.2, 0.25) is 0 Å². The Morgan fingerprint density at radius 1 is 1.88 bits per heavy atom. The van der Waals surface area contributed by atoms with E-state index in [2.05, 4.69) is 6.07 Å². The summed E-state index contributed by atoms with van der Waals surface area (Å²) in [4.78, 5) is 1.90. The van der Waals surface area contributed by atoms with Gasteiger partial charge in [-0.2, -0.15) is 5.26 Å². The summed E-state index contributed by atoms with van der Waals surface area (Å²) in [7, 11) is 1.90. The summed E-state index contributed by atoms with van der Waals surface area (Å²) in [5.74, 6) is 0. The molecule has 0 N–H and O–H groups in total. The number of hydrogen-bond donors (Lipinski definition) is 0. The third-order valence-corrected chi connectivity index (χ3v) is 1.18. The Morgan fingerprint density at radius 2 is 2.62 bits per heavy atom. The van der Waals surface area contributed by atoms with E-state index in [0.717, 1.165) is 12.2 Å². The molecule has 1 rings (SSSR count). The van der Waals surface area contributed by atoms with Gasteiger partial charge in [-0.05, 0) is 6.08 Å². The van der Waals surface area contributed by atoms with Gasteiger partial charge in [-0.1, -0.05) is 0 Å². The largest absolute Gasteiger partial charge is 0.366 e. The van der Waals surface area contributed by atoms with Crippen molar-refractivity contribution in [2.45, 2.75) is 0 Å². The summed E-state index contributed by atoms with van der Waals surface area (Å²) in [6.07, 6.45) is 3.80. The first kappa shape index (κ1) is 5.17. The van der Waals surface area contributed by atoms with Crippen LogP contribution in [0, 0.1) is 17.8 Å². The summed E-state index contributed by atoms with van der Waals surface area (Å²) in [6.45, 7) is 0.878. The average molecular weight is 107 g/mol. The maximum absolute atomic E-state index is 8.36. The summed E-state index contributed by atoms with van der Waals surface area (Å²) in [5.41, 5.74) is 0.755. The Labute approximate surface area is 49.0 Å². The Kier molecular flexibility index (Phi) is 1.21. The Bertz CT molecular complexity index is 152. The lowest BCUT2D eigenvalue weighted by molar-refractivity contribution is 0.496. The van der Waals surface area contributed by atoms with Crippen LogP contribution in [0.3, 0.4) is 0 Å². The highest BCUT2D eigenvalue weighted by Crippen LogP contribution is 2.08. The van der Waals surface area contributed by atoms with Crippen molar-refractivity contribution in [2.24, 2.45) is 0 Å². The maximum atomic E-state index is 8.36. The molecule has 0 spiro atoms.